The Bertz CT molecular complexity index is 520. The number of aromatic nitrogens is 2. The van der Waals surface area contributed by atoms with Gasteiger partial charge in [0, 0.05) is 0 Å². The molecule has 0 spiro atoms. The first-order valence-electron chi connectivity index (χ1n) is 4.98. The summed E-state index contributed by atoms with van der Waals surface area (Å²) in [7, 11) is 0. The van der Waals surface area contributed by atoms with E-state index in [1.165, 1.54) is 41.3 Å². The molecule has 0 bridgehead atoms. The van der Waals surface area contributed by atoms with Crippen molar-refractivity contribution >= 4 is 0 Å². The lowest BCUT2D eigenvalue weighted by Crippen LogP contribution is -2.17. The summed E-state index contributed by atoms with van der Waals surface area (Å²) >= 11 is 0. The molecule has 96 valence electrons. The minimum atomic E-state index is -4.69. The molecule has 1 aromatic carbocycles. The summed E-state index contributed by atoms with van der Waals surface area (Å²) in [5, 5.41) is 12.9. The Morgan fingerprint density at radius 1 is 1.22 bits per heavy atom. The van der Waals surface area contributed by atoms with Crippen molar-refractivity contribution in [3.8, 4) is 11.5 Å². The molecule has 0 atom stereocenters. The molecule has 1 heterocycles. The molecule has 0 fully saturated rings. The van der Waals surface area contributed by atoms with E-state index in [-0.39, 0.29) is 11.5 Å². The van der Waals surface area contributed by atoms with Gasteiger partial charge in [0.05, 0.1) is 18.9 Å². The Labute approximate surface area is 100 Å². The molecule has 0 radical (unpaired) electrons. The van der Waals surface area contributed by atoms with E-state index in [1.807, 2.05) is 0 Å². The van der Waals surface area contributed by atoms with Crippen molar-refractivity contribution in [3.63, 3.8) is 0 Å². The van der Waals surface area contributed by atoms with Crippen molar-refractivity contribution in [1.82, 2.24) is 9.78 Å². The number of alkyl halides is 3. The summed E-state index contributed by atoms with van der Waals surface area (Å²) < 4.78 is 41.0. The Balaban J connectivity index is 2.04. The normalized spacial score (nSPS) is 11.5. The predicted molar refractivity (Wildman–Crippen MR) is 56.1 cm³/mol. The average molecular weight is 258 g/mol. The average Bonchev–Trinajstić information content (AvgIpc) is 2.65. The number of ether oxygens (including phenoxy) is 1. The highest BCUT2D eigenvalue weighted by atomic mass is 19.4. The van der Waals surface area contributed by atoms with Gasteiger partial charge in [0.1, 0.15) is 5.75 Å². The summed E-state index contributed by atoms with van der Waals surface area (Å²) in [4.78, 5) is 0. The van der Waals surface area contributed by atoms with Gasteiger partial charge in [-0.15, -0.1) is 13.2 Å². The van der Waals surface area contributed by atoms with E-state index in [0.29, 0.717) is 6.54 Å². The molecule has 0 aliphatic carbocycles. The highest BCUT2D eigenvalue weighted by Gasteiger charge is 2.30. The third-order valence-electron chi connectivity index (χ3n) is 2.12. The second-order valence-electron chi connectivity index (χ2n) is 3.59. The topological polar surface area (TPSA) is 47.3 Å². The third-order valence-corrected chi connectivity index (χ3v) is 2.12. The molecule has 0 saturated carbocycles. The van der Waals surface area contributed by atoms with Crippen LogP contribution in [-0.2, 0) is 6.54 Å². The number of hydrogen-bond acceptors (Lipinski definition) is 3. The monoisotopic (exact) mass is 258 g/mol. The van der Waals surface area contributed by atoms with Crippen LogP contribution in [0.25, 0.3) is 0 Å². The molecule has 2 aromatic rings. The fourth-order valence-electron chi connectivity index (χ4n) is 1.42. The lowest BCUT2D eigenvalue weighted by molar-refractivity contribution is -0.274. The van der Waals surface area contributed by atoms with Crippen LogP contribution in [0, 0.1) is 0 Å². The summed E-state index contributed by atoms with van der Waals surface area (Å²) in [6.07, 6.45) is -1.99. The van der Waals surface area contributed by atoms with Crippen LogP contribution in [0.2, 0.25) is 0 Å². The summed E-state index contributed by atoms with van der Waals surface area (Å²) in [5.41, 5.74) is 0.743. The summed E-state index contributed by atoms with van der Waals surface area (Å²) in [5.74, 6) is -0.235. The van der Waals surface area contributed by atoms with Gasteiger partial charge < -0.3 is 9.84 Å². The van der Waals surface area contributed by atoms with Gasteiger partial charge in [-0.1, -0.05) is 12.1 Å². The van der Waals surface area contributed by atoms with Crippen LogP contribution in [0.15, 0.2) is 36.7 Å². The lowest BCUT2D eigenvalue weighted by atomic mass is 10.2. The van der Waals surface area contributed by atoms with Crippen LogP contribution in [-0.4, -0.2) is 21.2 Å². The number of halogens is 3. The number of nitrogens with zero attached hydrogens (tertiary/aromatic N) is 2. The lowest BCUT2D eigenvalue weighted by Gasteiger charge is -2.09. The Morgan fingerprint density at radius 3 is 2.39 bits per heavy atom. The van der Waals surface area contributed by atoms with E-state index in [2.05, 4.69) is 9.84 Å². The van der Waals surface area contributed by atoms with Gasteiger partial charge in [0.25, 0.3) is 0 Å². The van der Waals surface area contributed by atoms with Gasteiger partial charge in [-0.05, 0) is 17.7 Å². The molecular formula is C11H9F3N2O2. The summed E-state index contributed by atoms with van der Waals surface area (Å²) in [6, 6.07) is 5.46. The van der Waals surface area contributed by atoms with Crippen LogP contribution in [0.4, 0.5) is 13.2 Å². The van der Waals surface area contributed by atoms with Crippen molar-refractivity contribution in [1.29, 1.82) is 0 Å². The molecular weight excluding hydrogens is 249 g/mol. The van der Waals surface area contributed by atoms with Crippen LogP contribution >= 0.6 is 0 Å². The van der Waals surface area contributed by atoms with Crippen molar-refractivity contribution in [2.75, 3.05) is 0 Å². The largest absolute Gasteiger partial charge is 0.573 e. The molecule has 0 aliphatic rings. The highest BCUT2D eigenvalue weighted by molar-refractivity contribution is 5.27. The molecule has 0 aliphatic heterocycles. The van der Waals surface area contributed by atoms with E-state index in [9.17, 15) is 13.2 Å². The quantitative estimate of drug-likeness (QED) is 0.920. The SMILES string of the molecule is Oc1cnn(Cc2ccc(OC(F)(F)F)cc2)c1. The van der Waals surface area contributed by atoms with Gasteiger partial charge in [-0.2, -0.15) is 5.10 Å². The molecule has 18 heavy (non-hydrogen) atoms. The Hall–Kier alpha value is -2.18. The summed E-state index contributed by atoms with van der Waals surface area (Å²) in [6.45, 7) is 0.354. The minimum Gasteiger partial charge on any atom is -0.505 e. The third kappa shape index (κ3) is 3.41. The van der Waals surface area contributed by atoms with Crippen molar-refractivity contribution in [3.05, 3.63) is 42.2 Å². The predicted octanol–water partition coefficient (Wildman–Crippen LogP) is 2.54. The van der Waals surface area contributed by atoms with E-state index >= 15 is 0 Å². The van der Waals surface area contributed by atoms with E-state index in [0.717, 1.165) is 5.56 Å². The molecule has 4 nitrogen and oxygen atoms in total. The van der Waals surface area contributed by atoms with Crippen molar-refractivity contribution < 1.29 is 23.0 Å². The number of hydrogen-bond donors (Lipinski definition) is 1. The first-order valence-corrected chi connectivity index (χ1v) is 4.98. The first kappa shape index (κ1) is 12.3. The number of benzene rings is 1. The Kier molecular flexibility index (Phi) is 3.14. The molecule has 0 saturated heterocycles. The molecule has 2 rings (SSSR count). The fourth-order valence-corrected chi connectivity index (χ4v) is 1.42. The maximum Gasteiger partial charge on any atom is 0.573 e. The number of aromatic hydroxyl groups is 1. The van der Waals surface area contributed by atoms with Crippen LogP contribution in [0.3, 0.4) is 0 Å². The van der Waals surface area contributed by atoms with Crippen molar-refractivity contribution in [2.45, 2.75) is 12.9 Å². The smallest absolute Gasteiger partial charge is 0.505 e. The number of rotatable bonds is 3. The van der Waals surface area contributed by atoms with Gasteiger partial charge in [0.15, 0.2) is 5.75 Å². The molecule has 0 unspecified atom stereocenters. The molecule has 7 heteroatoms. The zero-order valence-corrected chi connectivity index (χ0v) is 9.05. The Morgan fingerprint density at radius 2 is 1.89 bits per heavy atom. The second-order valence-corrected chi connectivity index (χ2v) is 3.59. The molecule has 1 N–H and O–H groups in total. The maximum absolute atomic E-state index is 11.9. The van der Waals surface area contributed by atoms with Gasteiger partial charge in [-0.3, -0.25) is 4.68 Å². The van der Waals surface area contributed by atoms with Crippen LogP contribution < -0.4 is 4.74 Å². The van der Waals surface area contributed by atoms with Gasteiger partial charge >= 0.3 is 6.36 Å². The minimum absolute atomic E-state index is 0.0343. The second kappa shape index (κ2) is 4.59. The molecule has 1 aromatic heterocycles. The van der Waals surface area contributed by atoms with E-state index in [4.69, 9.17) is 5.11 Å². The zero-order valence-electron chi connectivity index (χ0n) is 9.05. The van der Waals surface area contributed by atoms with E-state index < -0.39 is 6.36 Å². The molecule has 0 amide bonds. The van der Waals surface area contributed by atoms with Gasteiger partial charge in [-0.25, -0.2) is 0 Å². The maximum atomic E-state index is 11.9. The van der Waals surface area contributed by atoms with Gasteiger partial charge in [0.2, 0.25) is 0 Å². The standard InChI is InChI=1S/C11H9F3N2O2/c12-11(13,14)18-10-3-1-8(2-4-10)6-16-7-9(17)5-15-16/h1-5,7,17H,6H2. The van der Waals surface area contributed by atoms with E-state index in [1.54, 1.807) is 0 Å². The highest BCUT2D eigenvalue weighted by Crippen LogP contribution is 2.22. The zero-order chi connectivity index (χ0) is 13.2. The van der Waals surface area contributed by atoms with Crippen LogP contribution in [0.1, 0.15) is 5.56 Å². The first-order chi connectivity index (χ1) is 8.42. The van der Waals surface area contributed by atoms with Crippen LogP contribution in [0.5, 0.6) is 11.5 Å². The fraction of sp³-hybridized carbons (Fsp3) is 0.182. The van der Waals surface area contributed by atoms with Crippen molar-refractivity contribution in [2.24, 2.45) is 0 Å².